The highest BCUT2D eigenvalue weighted by atomic mass is 32.1. The number of hydrazine groups is 1. The number of nitrogens with two attached hydrogens (primary N) is 2. The van der Waals surface area contributed by atoms with Crippen LogP contribution in [0.3, 0.4) is 0 Å². The predicted molar refractivity (Wildman–Crippen MR) is 131 cm³/mol. The number of carboxylic acid groups (broad SMARTS) is 2. The second-order valence-corrected chi connectivity index (χ2v) is 8.26. The SMILES string of the molecule is N/C(=C\N(N)c1ccc(CCCC(=O)N(O)CC(=S)NC(CCC(=O)O)C(=O)O)cc1)CCCF. The minimum absolute atomic E-state index is 0.0269. The number of anilines is 1. The van der Waals surface area contributed by atoms with E-state index in [1.54, 1.807) is 12.1 Å². The van der Waals surface area contributed by atoms with Crippen LogP contribution in [0.25, 0.3) is 0 Å². The summed E-state index contributed by atoms with van der Waals surface area (Å²) in [5, 5.41) is 31.9. The molecular formula is C22H32FN5O6S. The minimum atomic E-state index is -1.29. The number of nitrogens with zero attached hydrogens (tertiary/aromatic N) is 2. The van der Waals surface area contributed by atoms with Crippen LogP contribution in [0.15, 0.2) is 36.2 Å². The van der Waals surface area contributed by atoms with Crippen molar-refractivity contribution < 1.29 is 34.2 Å². The molecular weight excluding hydrogens is 481 g/mol. The highest BCUT2D eigenvalue weighted by Gasteiger charge is 2.21. The number of thiocarbonyl (C=S) groups is 1. The number of amides is 1. The van der Waals surface area contributed by atoms with Crippen molar-refractivity contribution in [2.24, 2.45) is 11.6 Å². The van der Waals surface area contributed by atoms with Gasteiger partial charge in [-0.2, -0.15) is 0 Å². The molecule has 0 saturated heterocycles. The number of carbonyl (C=O) groups excluding carboxylic acids is 1. The summed E-state index contributed by atoms with van der Waals surface area (Å²) in [5.41, 5.74) is 7.88. The summed E-state index contributed by atoms with van der Waals surface area (Å²) >= 11 is 4.98. The van der Waals surface area contributed by atoms with Gasteiger partial charge in [0, 0.05) is 24.7 Å². The van der Waals surface area contributed by atoms with E-state index in [2.05, 4.69) is 5.32 Å². The Labute approximate surface area is 208 Å². The fourth-order valence-corrected chi connectivity index (χ4v) is 3.25. The summed E-state index contributed by atoms with van der Waals surface area (Å²) < 4.78 is 12.2. The Morgan fingerprint density at radius 1 is 1.11 bits per heavy atom. The van der Waals surface area contributed by atoms with Crippen molar-refractivity contribution in [3.8, 4) is 0 Å². The molecule has 0 spiro atoms. The molecule has 1 rings (SSSR count). The van der Waals surface area contributed by atoms with E-state index in [0.29, 0.717) is 42.1 Å². The normalized spacial score (nSPS) is 12.0. The maximum Gasteiger partial charge on any atom is 0.326 e. The highest BCUT2D eigenvalue weighted by Crippen LogP contribution is 2.16. The van der Waals surface area contributed by atoms with Gasteiger partial charge in [-0.1, -0.05) is 24.4 Å². The van der Waals surface area contributed by atoms with Gasteiger partial charge in [-0.3, -0.25) is 24.2 Å². The van der Waals surface area contributed by atoms with Crippen molar-refractivity contribution >= 4 is 40.7 Å². The molecule has 194 valence electrons. The van der Waals surface area contributed by atoms with Crippen molar-refractivity contribution in [3.63, 3.8) is 0 Å². The van der Waals surface area contributed by atoms with E-state index in [1.807, 2.05) is 12.1 Å². The minimum Gasteiger partial charge on any atom is -0.481 e. The van der Waals surface area contributed by atoms with Crippen LogP contribution >= 0.6 is 12.2 Å². The zero-order valence-corrected chi connectivity index (χ0v) is 20.0. The highest BCUT2D eigenvalue weighted by molar-refractivity contribution is 7.80. The summed E-state index contributed by atoms with van der Waals surface area (Å²) in [7, 11) is 0. The van der Waals surface area contributed by atoms with E-state index in [4.69, 9.17) is 34.0 Å². The summed E-state index contributed by atoms with van der Waals surface area (Å²) in [6.45, 7) is -0.859. The second kappa shape index (κ2) is 15.6. The molecule has 0 bridgehead atoms. The summed E-state index contributed by atoms with van der Waals surface area (Å²) in [5.74, 6) is 2.91. The van der Waals surface area contributed by atoms with Gasteiger partial charge in [0.15, 0.2) is 0 Å². The third-order valence-corrected chi connectivity index (χ3v) is 5.10. The first-order valence-electron chi connectivity index (χ1n) is 10.9. The number of nitrogens with one attached hydrogen (secondary N) is 1. The van der Waals surface area contributed by atoms with Gasteiger partial charge in [0.25, 0.3) is 0 Å². The van der Waals surface area contributed by atoms with Gasteiger partial charge >= 0.3 is 11.9 Å². The summed E-state index contributed by atoms with van der Waals surface area (Å²) in [6, 6.07) is 5.99. The molecule has 1 aromatic carbocycles. The van der Waals surface area contributed by atoms with E-state index in [1.165, 1.54) is 11.2 Å². The molecule has 0 aliphatic rings. The average Bonchev–Trinajstić information content (AvgIpc) is 2.80. The number of benzene rings is 1. The first-order valence-corrected chi connectivity index (χ1v) is 11.3. The Bertz CT molecular complexity index is 899. The molecule has 11 nitrogen and oxygen atoms in total. The van der Waals surface area contributed by atoms with E-state index in [9.17, 15) is 24.0 Å². The monoisotopic (exact) mass is 513 g/mol. The number of aryl methyl sites for hydroxylation is 1. The molecule has 0 fully saturated rings. The quantitative estimate of drug-likeness (QED) is 0.0818. The number of carboxylic acids is 2. The van der Waals surface area contributed by atoms with Gasteiger partial charge in [-0.15, -0.1) is 0 Å². The van der Waals surface area contributed by atoms with Crippen molar-refractivity contribution in [1.29, 1.82) is 0 Å². The predicted octanol–water partition coefficient (Wildman–Crippen LogP) is 1.69. The molecule has 1 atom stereocenters. The molecule has 8 N–H and O–H groups in total. The zero-order valence-electron chi connectivity index (χ0n) is 19.2. The first-order chi connectivity index (χ1) is 16.5. The number of aliphatic carboxylic acids is 2. The first kappa shape index (κ1) is 29.7. The number of alkyl halides is 1. The molecule has 0 saturated carbocycles. The Hall–Kier alpha value is -3.29. The lowest BCUT2D eigenvalue weighted by Gasteiger charge is -2.19. The Kier molecular flexibility index (Phi) is 13.2. The van der Waals surface area contributed by atoms with Crippen LogP contribution in [0.4, 0.5) is 10.1 Å². The van der Waals surface area contributed by atoms with Gasteiger partial charge in [0.05, 0.1) is 23.9 Å². The van der Waals surface area contributed by atoms with Crippen LogP contribution in [0.2, 0.25) is 0 Å². The standard InChI is InChI=1S/C22H32FN5O6S/c23-12-2-4-16(24)13-27(25)17-8-6-15(7-9-17)3-1-5-20(29)28(34)14-19(35)26-18(22(32)33)10-11-21(30)31/h6-9,13,18,34H,1-5,10-12,14,24-25H2,(H,26,35)(H,30,31)(H,32,33)/b16-13-. The number of allylic oxidation sites excluding steroid dienone is 1. The van der Waals surface area contributed by atoms with Crippen LogP contribution in [-0.4, -0.2) is 62.6 Å². The van der Waals surface area contributed by atoms with Crippen molar-refractivity contribution in [1.82, 2.24) is 10.4 Å². The van der Waals surface area contributed by atoms with E-state index in [-0.39, 0.29) is 24.3 Å². The van der Waals surface area contributed by atoms with Crippen LogP contribution in [0.5, 0.6) is 0 Å². The lowest BCUT2D eigenvalue weighted by Crippen LogP contribution is -2.45. The van der Waals surface area contributed by atoms with Crippen LogP contribution in [0.1, 0.15) is 44.1 Å². The number of hydroxylamine groups is 2. The Morgan fingerprint density at radius 3 is 2.34 bits per heavy atom. The lowest BCUT2D eigenvalue weighted by atomic mass is 10.1. The third-order valence-electron chi connectivity index (χ3n) is 4.86. The molecule has 13 heteroatoms. The van der Waals surface area contributed by atoms with Crippen LogP contribution < -0.4 is 21.9 Å². The molecule has 35 heavy (non-hydrogen) atoms. The van der Waals surface area contributed by atoms with Gasteiger partial charge in [0.2, 0.25) is 5.91 Å². The molecule has 1 unspecified atom stereocenters. The molecule has 0 aliphatic carbocycles. The van der Waals surface area contributed by atoms with Crippen LogP contribution in [0, 0.1) is 0 Å². The topological polar surface area (TPSA) is 182 Å². The Balaban J connectivity index is 2.46. The van der Waals surface area contributed by atoms with E-state index < -0.39 is 37.1 Å². The molecule has 0 heterocycles. The smallest absolute Gasteiger partial charge is 0.326 e. The fourth-order valence-electron chi connectivity index (χ4n) is 2.99. The molecule has 1 amide bonds. The van der Waals surface area contributed by atoms with Gasteiger partial charge in [-0.05, 0) is 49.8 Å². The number of halogens is 1. The molecule has 0 radical (unpaired) electrons. The largest absolute Gasteiger partial charge is 0.481 e. The van der Waals surface area contributed by atoms with Gasteiger partial charge < -0.3 is 21.3 Å². The van der Waals surface area contributed by atoms with Crippen molar-refractivity contribution in [2.75, 3.05) is 18.2 Å². The third kappa shape index (κ3) is 12.1. The lowest BCUT2D eigenvalue weighted by molar-refractivity contribution is -0.162. The average molecular weight is 514 g/mol. The van der Waals surface area contributed by atoms with Crippen LogP contribution in [-0.2, 0) is 20.8 Å². The molecule has 0 aromatic heterocycles. The summed E-state index contributed by atoms with van der Waals surface area (Å²) in [6.07, 6.45) is 2.72. The van der Waals surface area contributed by atoms with E-state index >= 15 is 0 Å². The van der Waals surface area contributed by atoms with E-state index in [0.717, 1.165) is 5.56 Å². The number of hydrogen-bond donors (Lipinski definition) is 6. The van der Waals surface area contributed by atoms with Gasteiger partial charge in [-0.25, -0.2) is 15.7 Å². The number of rotatable bonds is 16. The maximum atomic E-state index is 12.2. The molecule has 1 aromatic rings. The van der Waals surface area contributed by atoms with Crippen molar-refractivity contribution in [3.05, 3.63) is 41.7 Å². The zero-order chi connectivity index (χ0) is 26.4. The fraction of sp³-hybridized carbons (Fsp3) is 0.455. The maximum absolute atomic E-state index is 12.2. The second-order valence-electron chi connectivity index (χ2n) is 7.77. The number of hydrogen-bond acceptors (Lipinski definition) is 8. The Morgan fingerprint density at radius 2 is 1.77 bits per heavy atom. The molecule has 0 aliphatic heterocycles. The number of carbonyl (C=O) groups is 3. The summed E-state index contributed by atoms with van der Waals surface area (Å²) in [4.78, 5) is 33.9. The van der Waals surface area contributed by atoms with Crippen molar-refractivity contribution in [2.45, 2.75) is 51.0 Å². The van der Waals surface area contributed by atoms with Gasteiger partial charge in [0.1, 0.15) is 6.04 Å².